The predicted octanol–water partition coefficient (Wildman–Crippen LogP) is 15.3. The van der Waals surface area contributed by atoms with E-state index in [0.29, 0.717) is 5.92 Å². The van der Waals surface area contributed by atoms with Crippen LogP contribution in [0.25, 0.3) is 53.6 Å². The molecule has 58 heavy (non-hydrogen) atoms. The molecule has 0 N–H and O–H groups in total. The smallest absolute Gasteiger partial charge is 0.0550 e. The van der Waals surface area contributed by atoms with Crippen LogP contribution < -0.4 is 4.90 Å². The maximum atomic E-state index is 2.73. The van der Waals surface area contributed by atoms with E-state index >= 15 is 0 Å². The van der Waals surface area contributed by atoms with Crippen molar-refractivity contribution in [3.63, 3.8) is 0 Å². The summed E-state index contributed by atoms with van der Waals surface area (Å²) in [5.74, 6) is 0.377. The van der Waals surface area contributed by atoms with E-state index in [0.717, 1.165) is 19.3 Å². The molecule has 7 aromatic rings. The third-order valence-electron chi connectivity index (χ3n) is 14.0. The number of nitrogens with zero attached hydrogens (tertiary/aromatic N) is 1. The SMILES string of the molecule is CC1CC2=C(C=CC1N(C1=CC=C(c3cccc(-c4ccccc4)c3)CC1)c1ccc3c(c1)C(C)(C)c1ccccc1-3)C(C)(C)c1ccc3c(sc4ccccc43)c12. The van der Waals surface area contributed by atoms with Gasteiger partial charge < -0.3 is 4.90 Å². The molecular formula is C56H49NS. The summed E-state index contributed by atoms with van der Waals surface area (Å²) in [5, 5.41) is 2.78. The molecule has 4 aliphatic rings. The van der Waals surface area contributed by atoms with E-state index in [1.807, 2.05) is 11.3 Å². The summed E-state index contributed by atoms with van der Waals surface area (Å²) in [4.78, 5) is 2.73. The standard InChI is InChI=1S/C56H49NS/c1-35-32-46-48(55(2,3)49-29-28-45-44-19-10-12-21-52(44)58-54(45)53(46)49)30-31-51(35)57(41-26-27-43-42-18-9-11-20-47(42)56(4,5)50(43)34-41)40-24-22-37(23-25-40)39-17-13-16-38(33-39)36-14-7-6-8-15-36/h6-22,24,26-31,33-35,51H,23,25,32H2,1-5H3. The zero-order chi connectivity index (χ0) is 39.3. The van der Waals surface area contributed by atoms with Gasteiger partial charge in [0.25, 0.3) is 0 Å². The summed E-state index contributed by atoms with van der Waals surface area (Å²) < 4.78 is 2.83. The summed E-state index contributed by atoms with van der Waals surface area (Å²) in [6, 6.07) is 50.2. The molecule has 1 nitrogen and oxygen atoms in total. The van der Waals surface area contributed by atoms with Gasteiger partial charge in [0, 0.05) is 42.4 Å². The average Bonchev–Trinajstić information content (AvgIpc) is 3.76. The number of thiophene rings is 1. The van der Waals surface area contributed by atoms with Crippen molar-refractivity contribution in [3.05, 3.63) is 197 Å². The molecule has 2 atom stereocenters. The largest absolute Gasteiger partial charge is 0.338 e. The van der Waals surface area contributed by atoms with Crippen LogP contribution in [0.2, 0.25) is 0 Å². The molecule has 284 valence electrons. The van der Waals surface area contributed by atoms with E-state index in [4.69, 9.17) is 0 Å². The molecule has 0 aliphatic heterocycles. The highest BCUT2D eigenvalue weighted by Gasteiger charge is 2.42. The minimum atomic E-state index is -0.0671. The summed E-state index contributed by atoms with van der Waals surface area (Å²) in [5.41, 5.74) is 19.4. The van der Waals surface area contributed by atoms with Crippen LogP contribution in [0.15, 0.2) is 169 Å². The van der Waals surface area contributed by atoms with Crippen molar-refractivity contribution in [1.29, 1.82) is 0 Å². The minimum Gasteiger partial charge on any atom is -0.338 e. The van der Waals surface area contributed by atoms with Crippen molar-refractivity contribution in [2.45, 2.75) is 70.8 Å². The van der Waals surface area contributed by atoms with E-state index < -0.39 is 0 Å². The van der Waals surface area contributed by atoms with Gasteiger partial charge in [0.05, 0.1) is 6.04 Å². The van der Waals surface area contributed by atoms with Gasteiger partial charge in [0.2, 0.25) is 0 Å². The number of fused-ring (bicyclic) bond motifs is 9. The van der Waals surface area contributed by atoms with Gasteiger partial charge in [-0.25, -0.2) is 0 Å². The van der Waals surface area contributed by atoms with E-state index in [1.54, 1.807) is 5.57 Å². The Bertz CT molecular complexity index is 2940. The lowest BCUT2D eigenvalue weighted by Crippen LogP contribution is -2.38. The number of allylic oxidation sites excluding steroid dienone is 7. The molecule has 0 fully saturated rings. The molecule has 0 saturated carbocycles. The van der Waals surface area contributed by atoms with Crippen LogP contribution in [0.3, 0.4) is 0 Å². The van der Waals surface area contributed by atoms with E-state index in [1.165, 1.54) is 92.8 Å². The molecular weight excluding hydrogens is 719 g/mol. The summed E-state index contributed by atoms with van der Waals surface area (Å²) in [6.07, 6.45) is 13.0. The van der Waals surface area contributed by atoms with Crippen LogP contribution in [0.5, 0.6) is 0 Å². The van der Waals surface area contributed by atoms with Gasteiger partial charge in [-0.1, -0.05) is 162 Å². The average molecular weight is 768 g/mol. The maximum Gasteiger partial charge on any atom is 0.0550 e. The van der Waals surface area contributed by atoms with Crippen LogP contribution in [0.1, 0.15) is 81.7 Å². The Balaban J connectivity index is 1.02. The third-order valence-corrected chi connectivity index (χ3v) is 15.2. The topological polar surface area (TPSA) is 3.24 Å². The zero-order valence-corrected chi connectivity index (χ0v) is 35.0. The lowest BCUT2D eigenvalue weighted by molar-refractivity contribution is 0.511. The van der Waals surface area contributed by atoms with Gasteiger partial charge in [-0.15, -0.1) is 11.3 Å². The Morgan fingerprint density at radius 2 is 1.36 bits per heavy atom. The number of rotatable bonds is 5. The van der Waals surface area contributed by atoms with Gasteiger partial charge in [0.15, 0.2) is 0 Å². The first kappa shape index (κ1) is 35.5. The Morgan fingerprint density at radius 1 is 0.603 bits per heavy atom. The van der Waals surface area contributed by atoms with Crippen LogP contribution in [-0.4, -0.2) is 6.04 Å². The van der Waals surface area contributed by atoms with Crippen molar-refractivity contribution < 1.29 is 0 Å². The van der Waals surface area contributed by atoms with Gasteiger partial charge in [-0.3, -0.25) is 0 Å². The Hall–Kier alpha value is -5.70. The monoisotopic (exact) mass is 767 g/mol. The van der Waals surface area contributed by atoms with Gasteiger partial charge in [-0.05, 0) is 122 Å². The fourth-order valence-electron chi connectivity index (χ4n) is 10.9. The number of anilines is 1. The molecule has 0 spiro atoms. The lowest BCUT2D eigenvalue weighted by Gasteiger charge is -2.39. The first-order valence-corrected chi connectivity index (χ1v) is 22.0. The van der Waals surface area contributed by atoms with E-state index in [-0.39, 0.29) is 16.9 Å². The molecule has 0 radical (unpaired) electrons. The molecule has 4 aliphatic carbocycles. The molecule has 1 heterocycles. The number of benzene rings is 6. The number of hydrogen-bond donors (Lipinski definition) is 0. The molecule has 0 saturated heterocycles. The maximum absolute atomic E-state index is 2.73. The Labute approximate surface area is 347 Å². The Morgan fingerprint density at radius 3 is 2.21 bits per heavy atom. The predicted molar refractivity (Wildman–Crippen MR) is 250 cm³/mol. The normalized spacial score (nSPS) is 19.9. The van der Waals surface area contributed by atoms with Crippen molar-refractivity contribution in [2.24, 2.45) is 5.92 Å². The quantitative estimate of drug-likeness (QED) is 0.169. The Kier molecular flexibility index (Phi) is 8.05. The molecule has 0 amide bonds. The zero-order valence-electron chi connectivity index (χ0n) is 34.1. The van der Waals surface area contributed by atoms with Crippen LogP contribution in [-0.2, 0) is 10.8 Å². The molecule has 2 heteroatoms. The second-order valence-corrected chi connectivity index (χ2v) is 19.1. The molecule has 1 aromatic heterocycles. The van der Waals surface area contributed by atoms with Crippen LogP contribution in [0, 0.1) is 5.92 Å². The highest BCUT2D eigenvalue weighted by atomic mass is 32.1. The van der Waals surface area contributed by atoms with E-state index in [9.17, 15) is 0 Å². The molecule has 11 rings (SSSR count). The van der Waals surface area contributed by atoms with Crippen molar-refractivity contribution in [2.75, 3.05) is 4.90 Å². The second kappa shape index (κ2) is 13.2. The second-order valence-electron chi connectivity index (χ2n) is 18.1. The van der Waals surface area contributed by atoms with Crippen LogP contribution in [0.4, 0.5) is 5.69 Å². The van der Waals surface area contributed by atoms with Gasteiger partial charge in [-0.2, -0.15) is 0 Å². The molecule has 6 aromatic carbocycles. The minimum absolute atomic E-state index is 0.0651. The molecule has 0 bridgehead atoms. The fourth-order valence-corrected chi connectivity index (χ4v) is 12.2. The first-order chi connectivity index (χ1) is 28.2. The first-order valence-electron chi connectivity index (χ1n) is 21.1. The third kappa shape index (κ3) is 5.34. The fraction of sp³-hybridized carbons (Fsp3) is 0.214. The van der Waals surface area contributed by atoms with Gasteiger partial charge in [0.1, 0.15) is 0 Å². The highest BCUT2D eigenvalue weighted by Crippen LogP contribution is 2.56. The van der Waals surface area contributed by atoms with Crippen LogP contribution >= 0.6 is 11.3 Å². The summed E-state index contributed by atoms with van der Waals surface area (Å²) in [6.45, 7) is 12.2. The highest BCUT2D eigenvalue weighted by molar-refractivity contribution is 7.26. The summed E-state index contributed by atoms with van der Waals surface area (Å²) >= 11 is 1.98. The number of hydrogen-bond acceptors (Lipinski definition) is 2. The lowest BCUT2D eigenvalue weighted by atomic mass is 9.80. The van der Waals surface area contributed by atoms with Crippen molar-refractivity contribution in [3.8, 4) is 22.3 Å². The molecule has 2 unspecified atom stereocenters. The van der Waals surface area contributed by atoms with Crippen molar-refractivity contribution >= 4 is 48.3 Å². The van der Waals surface area contributed by atoms with Gasteiger partial charge >= 0.3 is 0 Å². The summed E-state index contributed by atoms with van der Waals surface area (Å²) in [7, 11) is 0. The van der Waals surface area contributed by atoms with E-state index in [2.05, 4.69) is 197 Å². The van der Waals surface area contributed by atoms with Crippen molar-refractivity contribution in [1.82, 2.24) is 0 Å².